The molecule has 2 heteroatoms. The van der Waals surface area contributed by atoms with Gasteiger partial charge in [0, 0.05) is 6.61 Å². The van der Waals surface area contributed by atoms with Gasteiger partial charge in [-0.2, -0.15) is 0 Å². The molecule has 0 fully saturated rings. The fraction of sp³-hybridized carbons (Fsp3) is 0.750. The van der Waals surface area contributed by atoms with Crippen molar-refractivity contribution in [2.75, 3.05) is 13.2 Å². The van der Waals surface area contributed by atoms with Crippen LogP contribution in [0.2, 0.25) is 0 Å². The molecule has 0 aromatic carbocycles. The highest BCUT2D eigenvalue weighted by Crippen LogP contribution is 2.12. The molecule has 0 aliphatic rings. The molecule has 0 atom stereocenters. The van der Waals surface area contributed by atoms with E-state index in [1.807, 2.05) is 13.8 Å². The van der Waals surface area contributed by atoms with E-state index in [0.717, 1.165) is 0 Å². The molecule has 0 saturated heterocycles. The molecule has 0 saturated carbocycles. The summed E-state index contributed by atoms with van der Waals surface area (Å²) in [6, 6.07) is 0. The van der Waals surface area contributed by atoms with Crippen molar-refractivity contribution in [3.8, 4) is 0 Å². The lowest BCUT2D eigenvalue weighted by Gasteiger charge is -2.23. The lowest BCUT2D eigenvalue weighted by molar-refractivity contribution is -0.0176. The zero-order valence-corrected chi connectivity index (χ0v) is 6.76. The second kappa shape index (κ2) is 4.47. The summed E-state index contributed by atoms with van der Waals surface area (Å²) in [6.45, 7) is 8.16. The van der Waals surface area contributed by atoms with Gasteiger partial charge in [-0.1, -0.05) is 6.08 Å². The summed E-state index contributed by atoms with van der Waals surface area (Å²) < 4.78 is 5.34. The first-order valence-electron chi connectivity index (χ1n) is 3.48. The maximum atomic E-state index is 8.60. The average molecular weight is 144 g/mol. The topological polar surface area (TPSA) is 29.5 Å². The van der Waals surface area contributed by atoms with Crippen LogP contribution in [0.5, 0.6) is 0 Å². The smallest absolute Gasteiger partial charge is 0.0652 e. The molecule has 1 N–H and O–H groups in total. The summed E-state index contributed by atoms with van der Waals surface area (Å²) in [5, 5.41) is 8.60. The molecule has 0 radical (unpaired) electrons. The van der Waals surface area contributed by atoms with Crippen LogP contribution in [0, 0.1) is 0 Å². The largest absolute Gasteiger partial charge is 0.396 e. The number of ether oxygens (including phenoxy) is 1. The van der Waals surface area contributed by atoms with Crippen molar-refractivity contribution in [3.63, 3.8) is 0 Å². The van der Waals surface area contributed by atoms with E-state index in [-0.39, 0.29) is 12.2 Å². The van der Waals surface area contributed by atoms with Gasteiger partial charge < -0.3 is 9.84 Å². The minimum Gasteiger partial charge on any atom is -0.396 e. The van der Waals surface area contributed by atoms with E-state index < -0.39 is 0 Å². The Bertz CT molecular complexity index is 97.4. The summed E-state index contributed by atoms with van der Waals surface area (Å²) in [6.07, 6.45) is 2.37. The fourth-order valence-electron chi connectivity index (χ4n) is 0.626. The Morgan fingerprint density at radius 1 is 1.60 bits per heavy atom. The zero-order valence-electron chi connectivity index (χ0n) is 6.76. The van der Waals surface area contributed by atoms with Gasteiger partial charge in [-0.3, -0.25) is 0 Å². The van der Waals surface area contributed by atoms with E-state index in [0.29, 0.717) is 13.0 Å². The average Bonchev–Trinajstić information content (AvgIpc) is 1.84. The number of aliphatic hydroxyl groups excluding tert-OH is 1. The summed E-state index contributed by atoms with van der Waals surface area (Å²) in [5.41, 5.74) is -0.219. The highest BCUT2D eigenvalue weighted by atomic mass is 16.5. The first kappa shape index (κ1) is 9.66. The van der Waals surface area contributed by atoms with Gasteiger partial charge in [-0.25, -0.2) is 0 Å². The number of aliphatic hydroxyl groups is 1. The van der Waals surface area contributed by atoms with E-state index in [9.17, 15) is 0 Å². The van der Waals surface area contributed by atoms with Crippen LogP contribution < -0.4 is 0 Å². The van der Waals surface area contributed by atoms with Crippen LogP contribution in [-0.4, -0.2) is 23.9 Å². The lowest BCUT2D eigenvalue weighted by Crippen LogP contribution is -2.25. The van der Waals surface area contributed by atoms with Gasteiger partial charge in [0.15, 0.2) is 0 Å². The molecule has 0 heterocycles. The van der Waals surface area contributed by atoms with Crippen molar-refractivity contribution < 1.29 is 9.84 Å². The van der Waals surface area contributed by atoms with Crippen LogP contribution in [0.4, 0.5) is 0 Å². The van der Waals surface area contributed by atoms with Gasteiger partial charge in [-0.15, -0.1) is 6.58 Å². The first-order chi connectivity index (χ1) is 4.62. The van der Waals surface area contributed by atoms with E-state index in [1.165, 1.54) is 0 Å². The summed E-state index contributed by atoms with van der Waals surface area (Å²) in [4.78, 5) is 0. The standard InChI is InChI=1S/C8H16O2/c1-4-7-10-8(2,3)5-6-9/h4,9H,1,5-7H2,2-3H3. The van der Waals surface area contributed by atoms with E-state index >= 15 is 0 Å². The first-order valence-corrected chi connectivity index (χ1v) is 3.48. The molecule has 0 spiro atoms. The second-order valence-electron chi connectivity index (χ2n) is 2.83. The molecule has 0 aromatic rings. The Labute approximate surface area is 62.5 Å². The predicted molar refractivity (Wildman–Crippen MR) is 41.9 cm³/mol. The van der Waals surface area contributed by atoms with Gasteiger partial charge in [0.25, 0.3) is 0 Å². The van der Waals surface area contributed by atoms with Gasteiger partial charge in [0.2, 0.25) is 0 Å². The normalized spacial score (nSPS) is 11.5. The minimum absolute atomic E-state index is 0.171. The van der Waals surface area contributed by atoms with E-state index in [1.54, 1.807) is 6.08 Å². The number of hydrogen-bond acceptors (Lipinski definition) is 2. The molecule has 2 nitrogen and oxygen atoms in total. The second-order valence-corrected chi connectivity index (χ2v) is 2.83. The van der Waals surface area contributed by atoms with E-state index in [4.69, 9.17) is 9.84 Å². The molecular weight excluding hydrogens is 128 g/mol. The maximum absolute atomic E-state index is 8.60. The highest BCUT2D eigenvalue weighted by Gasteiger charge is 2.15. The maximum Gasteiger partial charge on any atom is 0.0652 e. The van der Waals surface area contributed by atoms with Gasteiger partial charge >= 0.3 is 0 Å². The van der Waals surface area contributed by atoms with Crippen molar-refractivity contribution in [1.29, 1.82) is 0 Å². The van der Waals surface area contributed by atoms with Crippen LogP contribution in [0.25, 0.3) is 0 Å². The Kier molecular flexibility index (Phi) is 4.32. The summed E-state index contributed by atoms with van der Waals surface area (Å²) >= 11 is 0. The Balaban J connectivity index is 3.51. The quantitative estimate of drug-likeness (QED) is 0.590. The third kappa shape index (κ3) is 4.53. The lowest BCUT2D eigenvalue weighted by atomic mass is 10.1. The Morgan fingerprint density at radius 3 is 2.60 bits per heavy atom. The molecule has 0 amide bonds. The van der Waals surface area contributed by atoms with Crippen molar-refractivity contribution in [1.82, 2.24) is 0 Å². The predicted octanol–water partition coefficient (Wildman–Crippen LogP) is 1.35. The fourth-order valence-corrected chi connectivity index (χ4v) is 0.626. The molecular formula is C8H16O2. The molecule has 60 valence electrons. The molecule has 0 rings (SSSR count). The molecule has 0 aromatic heterocycles. The SMILES string of the molecule is C=CCOC(C)(C)CCO. The number of rotatable bonds is 5. The Morgan fingerprint density at radius 2 is 2.20 bits per heavy atom. The van der Waals surface area contributed by atoms with Crippen LogP contribution in [0.15, 0.2) is 12.7 Å². The van der Waals surface area contributed by atoms with Crippen molar-refractivity contribution >= 4 is 0 Å². The summed E-state index contributed by atoms with van der Waals surface area (Å²) in [7, 11) is 0. The minimum atomic E-state index is -0.219. The molecule has 0 aliphatic carbocycles. The van der Waals surface area contributed by atoms with Crippen LogP contribution in [-0.2, 0) is 4.74 Å². The van der Waals surface area contributed by atoms with Crippen LogP contribution >= 0.6 is 0 Å². The van der Waals surface area contributed by atoms with Crippen molar-refractivity contribution in [2.24, 2.45) is 0 Å². The Hall–Kier alpha value is -0.340. The van der Waals surface area contributed by atoms with E-state index in [2.05, 4.69) is 6.58 Å². The third-order valence-electron chi connectivity index (χ3n) is 1.31. The molecule has 0 bridgehead atoms. The molecule has 0 unspecified atom stereocenters. The van der Waals surface area contributed by atoms with Crippen molar-refractivity contribution in [2.45, 2.75) is 25.9 Å². The summed E-state index contributed by atoms with van der Waals surface area (Å²) in [5.74, 6) is 0. The molecule has 0 aliphatic heterocycles. The van der Waals surface area contributed by atoms with Crippen molar-refractivity contribution in [3.05, 3.63) is 12.7 Å². The zero-order chi connectivity index (χ0) is 8.04. The monoisotopic (exact) mass is 144 g/mol. The van der Waals surface area contributed by atoms with Gasteiger partial charge in [0.1, 0.15) is 0 Å². The number of hydrogen-bond donors (Lipinski definition) is 1. The molecule has 10 heavy (non-hydrogen) atoms. The highest BCUT2D eigenvalue weighted by molar-refractivity contribution is 4.72. The van der Waals surface area contributed by atoms with Gasteiger partial charge in [-0.05, 0) is 20.3 Å². The van der Waals surface area contributed by atoms with Crippen LogP contribution in [0.3, 0.4) is 0 Å². The van der Waals surface area contributed by atoms with Crippen LogP contribution in [0.1, 0.15) is 20.3 Å². The van der Waals surface area contributed by atoms with Gasteiger partial charge in [0.05, 0.1) is 12.2 Å². The third-order valence-corrected chi connectivity index (χ3v) is 1.31.